The number of carbonyl (C=O) groups is 1. The number of sulfone groups is 1. The lowest BCUT2D eigenvalue weighted by molar-refractivity contribution is 0.0689. The Kier molecular flexibility index (Phi) is 2.42. The van der Waals surface area contributed by atoms with Crippen molar-refractivity contribution < 1.29 is 18.3 Å². The molecule has 1 fully saturated rings. The van der Waals surface area contributed by atoms with E-state index < -0.39 is 15.8 Å². The van der Waals surface area contributed by atoms with Crippen molar-refractivity contribution in [3.8, 4) is 0 Å². The Hall–Kier alpha value is -1.50. The number of nitrogens with zero attached hydrogens (tertiary/aromatic N) is 2. The number of rotatable bonds is 3. The van der Waals surface area contributed by atoms with Crippen LogP contribution < -0.4 is 0 Å². The lowest BCUT2D eigenvalue weighted by Gasteiger charge is -2.03. The van der Waals surface area contributed by atoms with Crippen LogP contribution in [0.4, 0.5) is 0 Å². The van der Waals surface area contributed by atoms with Crippen molar-refractivity contribution in [3.05, 3.63) is 17.6 Å². The minimum atomic E-state index is -3.50. The van der Waals surface area contributed by atoms with Crippen molar-refractivity contribution in [2.24, 2.45) is 0 Å². The molecular weight excluding hydrogens is 232 g/mol. The van der Waals surface area contributed by atoms with Gasteiger partial charge < -0.3 is 5.11 Å². The van der Waals surface area contributed by atoms with E-state index in [-0.39, 0.29) is 16.6 Å². The standard InChI is InChI=1S/C9H10N2O4S/c1-16(14,15)7-4-6(9(12)13)10-8(11-7)5-2-3-5/h4-5H,2-3H2,1H3,(H,12,13). The van der Waals surface area contributed by atoms with Crippen molar-refractivity contribution in [2.75, 3.05) is 6.26 Å². The van der Waals surface area contributed by atoms with Gasteiger partial charge in [0, 0.05) is 18.2 Å². The molecule has 0 amide bonds. The van der Waals surface area contributed by atoms with Crippen LogP contribution in [0.1, 0.15) is 35.1 Å². The number of hydrogen-bond acceptors (Lipinski definition) is 5. The van der Waals surface area contributed by atoms with Gasteiger partial charge in [-0.15, -0.1) is 0 Å². The highest BCUT2D eigenvalue weighted by molar-refractivity contribution is 7.90. The van der Waals surface area contributed by atoms with Crippen LogP contribution in [0.3, 0.4) is 0 Å². The first-order chi connectivity index (χ1) is 7.38. The van der Waals surface area contributed by atoms with Crippen LogP contribution in [0.5, 0.6) is 0 Å². The van der Waals surface area contributed by atoms with Crippen molar-refractivity contribution in [2.45, 2.75) is 23.8 Å². The quantitative estimate of drug-likeness (QED) is 0.773. The molecule has 0 atom stereocenters. The molecule has 0 aromatic carbocycles. The normalized spacial score (nSPS) is 16.1. The zero-order valence-electron chi connectivity index (χ0n) is 8.54. The van der Waals surface area contributed by atoms with Crippen LogP contribution in [0.2, 0.25) is 0 Å². The molecule has 0 radical (unpaired) electrons. The lowest BCUT2D eigenvalue weighted by Crippen LogP contribution is -2.10. The fourth-order valence-electron chi connectivity index (χ4n) is 1.27. The SMILES string of the molecule is CS(=O)(=O)c1cc(C(=O)O)nc(C2CC2)n1. The molecule has 0 spiro atoms. The van der Waals surface area contributed by atoms with E-state index in [2.05, 4.69) is 9.97 Å². The van der Waals surface area contributed by atoms with Gasteiger partial charge in [0.1, 0.15) is 5.82 Å². The van der Waals surface area contributed by atoms with E-state index in [1.807, 2.05) is 0 Å². The molecule has 7 heteroatoms. The van der Waals surface area contributed by atoms with Crippen LogP contribution in [-0.4, -0.2) is 35.7 Å². The molecule has 86 valence electrons. The Bertz CT molecular complexity index is 549. The first-order valence-corrected chi connectivity index (χ1v) is 6.59. The third-order valence-electron chi connectivity index (χ3n) is 2.26. The van der Waals surface area contributed by atoms with E-state index in [1.54, 1.807) is 0 Å². The van der Waals surface area contributed by atoms with Crippen LogP contribution in [0.25, 0.3) is 0 Å². The largest absolute Gasteiger partial charge is 0.477 e. The van der Waals surface area contributed by atoms with Crippen LogP contribution in [0.15, 0.2) is 11.1 Å². The van der Waals surface area contributed by atoms with E-state index in [9.17, 15) is 13.2 Å². The lowest BCUT2D eigenvalue weighted by atomic mass is 10.3. The molecular formula is C9H10N2O4S. The Labute approximate surface area is 92.3 Å². The minimum absolute atomic E-state index is 0.111. The smallest absolute Gasteiger partial charge is 0.354 e. The van der Waals surface area contributed by atoms with Gasteiger partial charge in [-0.1, -0.05) is 0 Å². The van der Waals surface area contributed by atoms with Gasteiger partial charge in [-0.3, -0.25) is 0 Å². The molecule has 1 N–H and O–H groups in total. The van der Waals surface area contributed by atoms with Gasteiger partial charge in [-0.25, -0.2) is 23.2 Å². The summed E-state index contributed by atoms with van der Waals surface area (Å²) in [7, 11) is -3.50. The topological polar surface area (TPSA) is 97.2 Å². The summed E-state index contributed by atoms with van der Waals surface area (Å²) >= 11 is 0. The van der Waals surface area contributed by atoms with E-state index in [0.717, 1.165) is 25.2 Å². The maximum Gasteiger partial charge on any atom is 0.354 e. The van der Waals surface area contributed by atoms with Crippen LogP contribution in [-0.2, 0) is 9.84 Å². The van der Waals surface area contributed by atoms with Crippen molar-refractivity contribution in [1.29, 1.82) is 0 Å². The van der Waals surface area contributed by atoms with Gasteiger partial charge in [-0.05, 0) is 12.8 Å². The summed E-state index contributed by atoms with van der Waals surface area (Å²) < 4.78 is 22.6. The van der Waals surface area contributed by atoms with Crippen molar-refractivity contribution in [1.82, 2.24) is 9.97 Å². The van der Waals surface area contributed by atoms with Gasteiger partial charge in [0.15, 0.2) is 20.6 Å². The molecule has 16 heavy (non-hydrogen) atoms. The third-order valence-corrected chi connectivity index (χ3v) is 3.23. The summed E-state index contributed by atoms with van der Waals surface area (Å²) in [6, 6.07) is 0.990. The second kappa shape index (κ2) is 3.51. The Morgan fingerprint density at radius 2 is 2.06 bits per heavy atom. The number of carboxylic acid groups (broad SMARTS) is 1. The average Bonchev–Trinajstić information content (AvgIpc) is 2.98. The van der Waals surface area contributed by atoms with Crippen molar-refractivity contribution >= 4 is 15.8 Å². The molecule has 1 heterocycles. The highest BCUT2D eigenvalue weighted by atomic mass is 32.2. The molecule has 1 aliphatic rings. The predicted octanol–water partition coefficient (Wildman–Crippen LogP) is 0.456. The molecule has 0 saturated heterocycles. The highest BCUT2D eigenvalue weighted by Gasteiger charge is 2.29. The summed E-state index contributed by atoms with van der Waals surface area (Å²) in [5.74, 6) is -0.811. The number of carboxylic acids is 1. The fourth-order valence-corrected chi connectivity index (χ4v) is 1.85. The summed E-state index contributed by atoms with van der Waals surface area (Å²) in [6.45, 7) is 0. The highest BCUT2D eigenvalue weighted by Crippen LogP contribution is 2.38. The Balaban J connectivity index is 2.57. The molecule has 1 aromatic rings. The van der Waals surface area contributed by atoms with E-state index in [0.29, 0.717) is 5.82 Å². The Morgan fingerprint density at radius 1 is 1.44 bits per heavy atom. The van der Waals surface area contributed by atoms with Gasteiger partial charge in [0.05, 0.1) is 0 Å². The van der Waals surface area contributed by atoms with E-state index >= 15 is 0 Å². The molecule has 1 saturated carbocycles. The maximum absolute atomic E-state index is 11.3. The fraction of sp³-hybridized carbons (Fsp3) is 0.444. The third kappa shape index (κ3) is 2.19. The molecule has 0 bridgehead atoms. The van der Waals surface area contributed by atoms with Gasteiger partial charge in [0.25, 0.3) is 0 Å². The summed E-state index contributed by atoms with van der Waals surface area (Å²) in [6.07, 6.45) is 2.76. The summed E-state index contributed by atoms with van der Waals surface area (Å²) in [5.41, 5.74) is -0.266. The second-order valence-electron chi connectivity index (χ2n) is 3.80. The number of hydrogen-bond donors (Lipinski definition) is 1. The molecule has 1 aromatic heterocycles. The summed E-state index contributed by atoms with van der Waals surface area (Å²) in [4.78, 5) is 18.5. The molecule has 0 aliphatic heterocycles. The molecule has 1 aliphatic carbocycles. The summed E-state index contributed by atoms with van der Waals surface area (Å²) in [5, 5.41) is 8.60. The van der Waals surface area contributed by atoms with Gasteiger partial charge in [0.2, 0.25) is 0 Å². The van der Waals surface area contributed by atoms with E-state index in [4.69, 9.17) is 5.11 Å². The molecule has 2 rings (SSSR count). The van der Waals surface area contributed by atoms with Crippen molar-refractivity contribution in [3.63, 3.8) is 0 Å². The zero-order chi connectivity index (χ0) is 11.9. The maximum atomic E-state index is 11.3. The first-order valence-electron chi connectivity index (χ1n) is 4.70. The predicted molar refractivity (Wildman–Crippen MR) is 54.1 cm³/mol. The first kappa shape index (κ1) is 11.0. The van der Waals surface area contributed by atoms with Gasteiger partial charge in [-0.2, -0.15) is 0 Å². The number of aromatic nitrogens is 2. The monoisotopic (exact) mass is 242 g/mol. The Morgan fingerprint density at radius 3 is 2.50 bits per heavy atom. The van der Waals surface area contributed by atoms with Crippen LogP contribution >= 0.6 is 0 Å². The number of aromatic carboxylic acids is 1. The zero-order valence-corrected chi connectivity index (χ0v) is 9.36. The van der Waals surface area contributed by atoms with E-state index in [1.165, 1.54) is 0 Å². The molecule has 6 nitrogen and oxygen atoms in total. The van der Waals surface area contributed by atoms with Gasteiger partial charge >= 0.3 is 5.97 Å². The average molecular weight is 242 g/mol. The molecule has 0 unspecified atom stereocenters. The minimum Gasteiger partial charge on any atom is -0.477 e. The van der Waals surface area contributed by atoms with Crippen LogP contribution in [0, 0.1) is 0 Å². The second-order valence-corrected chi connectivity index (χ2v) is 5.76.